The van der Waals surface area contributed by atoms with Crippen LogP contribution < -0.4 is 15.8 Å². The van der Waals surface area contributed by atoms with Crippen LogP contribution >= 0.6 is 11.6 Å². The zero-order valence-corrected chi connectivity index (χ0v) is 13.5. The Labute approximate surface area is 139 Å². The number of ether oxygens (including phenoxy) is 3. The van der Waals surface area contributed by atoms with E-state index in [0.29, 0.717) is 13.2 Å². The van der Waals surface area contributed by atoms with Gasteiger partial charge in [-0.2, -0.15) is 0 Å². The highest BCUT2D eigenvalue weighted by molar-refractivity contribution is 6.33. The first-order valence-corrected chi connectivity index (χ1v) is 7.57. The fraction of sp³-hybridized carbons (Fsp3) is 0.467. The second kappa shape index (κ2) is 8.03. The summed E-state index contributed by atoms with van der Waals surface area (Å²) < 4.78 is 15.4. The molecule has 2 rings (SSSR count). The number of esters is 1. The van der Waals surface area contributed by atoms with E-state index in [4.69, 9.17) is 31.5 Å². The van der Waals surface area contributed by atoms with Gasteiger partial charge in [0.1, 0.15) is 11.3 Å². The standard InChI is InChI=1S/C15H19ClN2O5/c1-21-13-6-12(17)11(16)5-10(13)15(20)23-8-14(19)18-7-9-3-2-4-22-9/h5-6,9H,2-4,7-8,17H2,1H3,(H,18,19). The molecule has 0 radical (unpaired) electrons. The number of rotatable bonds is 6. The Morgan fingerprint density at radius 2 is 2.26 bits per heavy atom. The largest absolute Gasteiger partial charge is 0.496 e. The lowest BCUT2D eigenvalue weighted by Crippen LogP contribution is -2.34. The second-order valence-electron chi connectivity index (χ2n) is 5.09. The molecular formula is C15H19ClN2O5. The number of anilines is 1. The van der Waals surface area contributed by atoms with Crippen LogP contribution in [-0.4, -0.2) is 44.8 Å². The highest BCUT2D eigenvalue weighted by atomic mass is 35.5. The minimum Gasteiger partial charge on any atom is -0.496 e. The van der Waals surface area contributed by atoms with Crippen molar-refractivity contribution in [2.24, 2.45) is 0 Å². The number of halogens is 1. The van der Waals surface area contributed by atoms with Gasteiger partial charge in [0.05, 0.1) is 23.9 Å². The number of methoxy groups -OCH3 is 1. The Bertz CT molecular complexity index is 587. The van der Waals surface area contributed by atoms with Gasteiger partial charge in [-0.15, -0.1) is 0 Å². The third-order valence-corrected chi connectivity index (χ3v) is 3.75. The summed E-state index contributed by atoms with van der Waals surface area (Å²) in [5.41, 5.74) is 6.04. The van der Waals surface area contributed by atoms with Crippen molar-refractivity contribution in [2.45, 2.75) is 18.9 Å². The van der Waals surface area contributed by atoms with Crippen LogP contribution in [0.4, 0.5) is 5.69 Å². The summed E-state index contributed by atoms with van der Waals surface area (Å²) in [6, 6.07) is 2.78. The van der Waals surface area contributed by atoms with E-state index in [1.807, 2.05) is 0 Å². The van der Waals surface area contributed by atoms with Crippen molar-refractivity contribution < 1.29 is 23.8 Å². The van der Waals surface area contributed by atoms with Gasteiger partial charge in [0.25, 0.3) is 5.91 Å². The molecule has 0 saturated carbocycles. The number of carbonyl (C=O) groups excluding carboxylic acids is 2. The first kappa shape index (κ1) is 17.4. The van der Waals surface area contributed by atoms with Gasteiger partial charge in [-0.1, -0.05) is 11.6 Å². The minimum absolute atomic E-state index is 0.0330. The van der Waals surface area contributed by atoms with Crippen LogP contribution in [0.25, 0.3) is 0 Å². The molecule has 1 unspecified atom stereocenters. The predicted molar refractivity (Wildman–Crippen MR) is 84.7 cm³/mol. The van der Waals surface area contributed by atoms with Gasteiger partial charge in [-0.25, -0.2) is 4.79 Å². The van der Waals surface area contributed by atoms with Crippen molar-refractivity contribution in [1.29, 1.82) is 0 Å². The number of hydrogen-bond acceptors (Lipinski definition) is 6. The van der Waals surface area contributed by atoms with E-state index in [1.165, 1.54) is 19.2 Å². The summed E-state index contributed by atoms with van der Waals surface area (Å²) in [5.74, 6) is -0.873. The molecule has 1 aromatic carbocycles. The fourth-order valence-corrected chi connectivity index (χ4v) is 2.35. The number of amides is 1. The van der Waals surface area contributed by atoms with Crippen LogP contribution in [0, 0.1) is 0 Å². The number of nitrogen functional groups attached to an aromatic ring is 1. The van der Waals surface area contributed by atoms with Crippen molar-refractivity contribution in [1.82, 2.24) is 5.32 Å². The van der Waals surface area contributed by atoms with Crippen molar-refractivity contribution in [3.8, 4) is 5.75 Å². The maximum Gasteiger partial charge on any atom is 0.342 e. The molecule has 1 atom stereocenters. The molecule has 1 aliphatic rings. The predicted octanol–water partition coefficient (Wildman–Crippen LogP) is 1.38. The monoisotopic (exact) mass is 342 g/mol. The molecule has 23 heavy (non-hydrogen) atoms. The van der Waals surface area contributed by atoms with Gasteiger partial charge in [-0.05, 0) is 18.9 Å². The smallest absolute Gasteiger partial charge is 0.342 e. The number of nitrogens with one attached hydrogen (secondary N) is 1. The van der Waals surface area contributed by atoms with Crippen LogP contribution in [0.5, 0.6) is 5.75 Å². The summed E-state index contributed by atoms with van der Waals surface area (Å²) in [6.45, 7) is 0.733. The second-order valence-corrected chi connectivity index (χ2v) is 5.50. The molecule has 0 spiro atoms. The summed E-state index contributed by atoms with van der Waals surface area (Å²) in [6.07, 6.45) is 1.94. The Morgan fingerprint density at radius 1 is 1.48 bits per heavy atom. The molecule has 0 aliphatic carbocycles. The Morgan fingerprint density at radius 3 is 2.91 bits per heavy atom. The Hall–Kier alpha value is -1.99. The first-order chi connectivity index (χ1) is 11.0. The molecule has 8 heteroatoms. The topological polar surface area (TPSA) is 99.9 Å². The summed E-state index contributed by atoms with van der Waals surface area (Å²) in [7, 11) is 1.40. The van der Waals surface area contributed by atoms with E-state index in [9.17, 15) is 9.59 Å². The van der Waals surface area contributed by atoms with E-state index >= 15 is 0 Å². The van der Waals surface area contributed by atoms with E-state index in [2.05, 4.69) is 5.32 Å². The van der Waals surface area contributed by atoms with Crippen LogP contribution in [0.3, 0.4) is 0 Å². The van der Waals surface area contributed by atoms with Gasteiger partial charge in [0.15, 0.2) is 6.61 Å². The lowest BCUT2D eigenvalue weighted by molar-refractivity contribution is -0.124. The normalized spacial score (nSPS) is 16.9. The van der Waals surface area contributed by atoms with Crippen molar-refractivity contribution in [3.63, 3.8) is 0 Å². The molecular weight excluding hydrogens is 324 g/mol. The molecule has 3 N–H and O–H groups in total. The lowest BCUT2D eigenvalue weighted by atomic mass is 10.2. The SMILES string of the molecule is COc1cc(N)c(Cl)cc1C(=O)OCC(=O)NCC1CCCO1. The molecule has 1 saturated heterocycles. The number of carbonyl (C=O) groups is 2. The average Bonchev–Trinajstić information content (AvgIpc) is 3.06. The van der Waals surface area contributed by atoms with Gasteiger partial charge in [0.2, 0.25) is 0 Å². The third-order valence-electron chi connectivity index (χ3n) is 3.42. The summed E-state index contributed by atoms with van der Waals surface area (Å²) >= 11 is 5.89. The minimum atomic E-state index is -0.712. The zero-order valence-electron chi connectivity index (χ0n) is 12.8. The molecule has 1 heterocycles. The molecule has 1 aliphatic heterocycles. The molecule has 0 aromatic heterocycles. The van der Waals surface area contributed by atoms with Crippen LogP contribution in [0.1, 0.15) is 23.2 Å². The molecule has 7 nitrogen and oxygen atoms in total. The van der Waals surface area contributed by atoms with Crippen molar-refractivity contribution >= 4 is 29.2 Å². The molecule has 126 valence electrons. The maximum absolute atomic E-state index is 12.0. The van der Waals surface area contributed by atoms with Crippen molar-refractivity contribution in [2.75, 3.05) is 32.6 Å². The van der Waals surface area contributed by atoms with Crippen molar-refractivity contribution in [3.05, 3.63) is 22.7 Å². The highest BCUT2D eigenvalue weighted by Gasteiger charge is 2.19. The molecule has 1 fully saturated rings. The van der Waals surface area contributed by atoms with E-state index in [-0.39, 0.29) is 28.1 Å². The summed E-state index contributed by atoms with van der Waals surface area (Å²) in [5, 5.41) is 2.87. The fourth-order valence-electron chi connectivity index (χ4n) is 2.19. The summed E-state index contributed by atoms with van der Waals surface area (Å²) in [4.78, 5) is 23.7. The Balaban J connectivity index is 1.86. The van der Waals surface area contributed by atoms with Crippen LogP contribution in [-0.2, 0) is 14.3 Å². The van der Waals surface area contributed by atoms with Gasteiger partial charge in [-0.3, -0.25) is 4.79 Å². The zero-order chi connectivity index (χ0) is 16.8. The highest BCUT2D eigenvalue weighted by Crippen LogP contribution is 2.29. The molecule has 1 aromatic rings. The maximum atomic E-state index is 12.0. The van der Waals surface area contributed by atoms with Crippen LogP contribution in [0.2, 0.25) is 5.02 Å². The number of hydrogen-bond donors (Lipinski definition) is 2. The van der Waals surface area contributed by atoms with Gasteiger partial charge >= 0.3 is 5.97 Å². The van der Waals surface area contributed by atoms with Crippen LogP contribution in [0.15, 0.2) is 12.1 Å². The molecule has 0 bridgehead atoms. The van der Waals surface area contributed by atoms with E-state index in [1.54, 1.807) is 0 Å². The van der Waals surface area contributed by atoms with Gasteiger partial charge < -0.3 is 25.3 Å². The third kappa shape index (κ3) is 4.74. The number of nitrogens with two attached hydrogens (primary N) is 1. The van der Waals surface area contributed by atoms with E-state index in [0.717, 1.165) is 12.8 Å². The average molecular weight is 343 g/mol. The quantitative estimate of drug-likeness (QED) is 0.598. The number of benzene rings is 1. The molecule has 1 amide bonds. The lowest BCUT2D eigenvalue weighted by Gasteiger charge is -2.12. The first-order valence-electron chi connectivity index (χ1n) is 7.19. The van der Waals surface area contributed by atoms with E-state index < -0.39 is 18.5 Å². The Kier molecular flexibility index (Phi) is 6.06. The van der Waals surface area contributed by atoms with Gasteiger partial charge in [0, 0.05) is 19.2 Å².